The molecular weight excluding hydrogens is 256 g/mol. The van der Waals surface area contributed by atoms with Gasteiger partial charge in [-0.3, -0.25) is 4.79 Å². The van der Waals surface area contributed by atoms with Crippen molar-refractivity contribution < 1.29 is 14.6 Å². The van der Waals surface area contributed by atoms with Crippen molar-refractivity contribution in [2.75, 3.05) is 20.3 Å². The second-order valence-electron chi connectivity index (χ2n) is 5.55. The first-order valence-electron chi connectivity index (χ1n) is 7.29. The van der Waals surface area contributed by atoms with Crippen LogP contribution in [-0.2, 0) is 11.3 Å². The number of carbonyl (C=O) groups excluding carboxylic acids is 1. The Morgan fingerprint density at radius 1 is 1.45 bits per heavy atom. The number of carbonyl (C=O) groups is 1. The Hall–Kier alpha value is -1.33. The summed E-state index contributed by atoms with van der Waals surface area (Å²) in [5.41, 5.74) is -0.112. The van der Waals surface area contributed by atoms with Crippen LogP contribution in [-0.4, -0.2) is 41.4 Å². The maximum absolute atomic E-state index is 12.2. The molecule has 0 atom stereocenters. The second kappa shape index (κ2) is 6.90. The third-order valence-corrected chi connectivity index (χ3v) is 3.96. The van der Waals surface area contributed by atoms with Gasteiger partial charge in [-0.25, -0.2) is 0 Å². The van der Waals surface area contributed by atoms with Gasteiger partial charge in [0.2, 0.25) is 0 Å². The van der Waals surface area contributed by atoms with E-state index in [9.17, 15) is 9.90 Å². The number of rotatable bonds is 6. The van der Waals surface area contributed by atoms with Crippen molar-refractivity contribution in [1.82, 2.24) is 9.88 Å². The molecule has 1 fully saturated rings. The summed E-state index contributed by atoms with van der Waals surface area (Å²) in [6.45, 7) is 1.55. The van der Waals surface area contributed by atoms with E-state index in [1.54, 1.807) is 13.2 Å². The number of hydrogen-bond donors (Lipinski definition) is 2. The average molecular weight is 280 g/mol. The van der Waals surface area contributed by atoms with Gasteiger partial charge in [0.15, 0.2) is 0 Å². The number of aliphatic hydroxyl groups is 1. The lowest BCUT2D eigenvalue weighted by Gasteiger charge is -2.32. The number of methoxy groups -OCH3 is 1. The van der Waals surface area contributed by atoms with E-state index in [1.165, 1.54) is 6.42 Å². The lowest BCUT2D eigenvalue weighted by atomic mass is 9.85. The molecule has 0 aromatic carbocycles. The highest BCUT2D eigenvalue weighted by Crippen LogP contribution is 2.27. The van der Waals surface area contributed by atoms with E-state index in [4.69, 9.17) is 4.74 Å². The van der Waals surface area contributed by atoms with E-state index < -0.39 is 5.60 Å². The largest absolute Gasteiger partial charge is 0.388 e. The predicted molar refractivity (Wildman–Crippen MR) is 76.7 cm³/mol. The Bertz CT molecular complexity index is 436. The van der Waals surface area contributed by atoms with E-state index in [-0.39, 0.29) is 5.91 Å². The average Bonchev–Trinajstić information content (AvgIpc) is 2.92. The molecule has 0 saturated heterocycles. The van der Waals surface area contributed by atoms with Crippen LogP contribution in [0, 0.1) is 0 Å². The molecule has 112 valence electrons. The Balaban J connectivity index is 1.89. The highest BCUT2D eigenvalue weighted by molar-refractivity contribution is 5.92. The molecule has 5 nitrogen and oxygen atoms in total. The van der Waals surface area contributed by atoms with Gasteiger partial charge in [-0.1, -0.05) is 19.3 Å². The number of nitrogens with one attached hydrogen (secondary N) is 1. The molecule has 1 amide bonds. The van der Waals surface area contributed by atoms with Gasteiger partial charge < -0.3 is 19.7 Å². The summed E-state index contributed by atoms with van der Waals surface area (Å²) < 4.78 is 6.89. The van der Waals surface area contributed by atoms with Crippen LogP contribution in [0.1, 0.15) is 42.6 Å². The lowest BCUT2D eigenvalue weighted by Crippen LogP contribution is -2.44. The zero-order chi connectivity index (χ0) is 14.4. The smallest absolute Gasteiger partial charge is 0.268 e. The van der Waals surface area contributed by atoms with Crippen LogP contribution >= 0.6 is 0 Å². The summed E-state index contributed by atoms with van der Waals surface area (Å²) >= 11 is 0. The van der Waals surface area contributed by atoms with E-state index in [1.807, 2.05) is 16.8 Å². The molecule has 1 aromatic heterocycles. The van der Waals surface area contributed by atoms with Crippen molar-refractivity contribution in [1.29, 1.82) is 0 Å². The molecule has 0 unspecified atom stereocenters. The van der Waals surface area contributed by atoms with Crippen LogP contribution in [0.25, 0.3) is 0 Å². The molecule has 20 heavy (non-hydrogen) atoms. The topological polar surface area (TPSA) is 63.5 Å². The van der Waals surface area contributed by atoms with Gasteiger partial charge in [-0.2, -0.15) is 0 Å². The Labute approximate surface area is 119 Å². The van der Waals surface area contributed by atoms with Crippen molar-refractivity contribution in [2.45, 2.75) is 44.2 Å². The van der Waals surface area contributed by atoms with Gasteiger partial charge in [0.05, 0.1) is 12.2 Å². The summed E-state index contributed by atoms with van der Waals surface area (Å²) in [7, 11) is 1.64. The minimum absolute atomic E-state index is 0.134. The van der Waals surface area contributed by atoms with Crippen molar-refractivity contribution in [3.8, 4) is 0 Å². The molecule has 1 aromatic rings. The van der Waals surface area contributed by atoms with Crippen LogP contribution < -0.4 is 5.32 Å². The van der Waals surface area contributed by atoms with Gasteiger partial charge in [0, 0.05) is 26.4 Å². The fourth-order valence-corrected chi connectivity index (χ4v) is 2.73. The maximum Gasteiger partial charge on any atom is 0.268 e. The standard InChI is InChI=1S/C15H24N2O3/c1-20-11-10-17-9-5-6-13(17)14(18)16-12-15(19)7-3-2-4-8-15/h5-6,9,19H,2-4,7-8,10-12H2,1H3,(H,16,18). The Morgan fingerprint density at radius 3 is 2.90 bits per heavy atom. The highest BCUT2D eigenvalue weighted by atomic mass is 16.5. The van der Waals surface area contributed by atoms with Crippen molar-refractivity contribution in [3.05, 3.63) is 24.0 Å². The van der Waals surface area contributed by atoms with Gasteiger partial charge in [-0.15, -0.1) is 0 Å². The molecule has 0 bridgehead atoms. The molecule has 1 heterocycles. The zero-order valence-corrected chi connectivity index (χ0v) is 12.1. The SMILES string of the molecule is COCCn1cccc1C(=O)NCC1(O)CCCCC1. The number of aromatic nitrogens is 1. The van der Waals surface area contributed by atoms with Crippen molar-refractivity contribution in [2.24, 2.45) is 0 Å². The monoisotopic (exact) mass is 280 g/mol. The molecule has 0 aliphatic heterocycles. The summed E-state index contributed by atoms with van der Waals surface area (Å²) in [5, 5.41) is 13.2. The van der Waals surface area contributed by atoms with Gasteiger partial charge in [0.25, 0.3) is 5.91 Å². The van der Waals surface area contributed by atoms with Crippen molar-refractivity contribution >= 4 is 5.91 Å². The van der Waals surface area contributed by atoms with Crippen molar-refractivity contribution in [3.63, 3.8) is 0 Å². The van der Waals surface area contributed by atoms with Crippen LogP contribution in [0.15, 0.2) is 18.3 Å². The van der Waals surface area contributed by atoms with Gasteiger partial charge in [0.1, 0.15) is 5.69 Å². The third kappa shape index (κ3) is 3.84. The van der Waals surface area contributed by atoms with Crippen LogP contribution in [0.4, 0.5) is 0 Å². The second-order valence-corrected chi connectivity index (χ2v) is 5.55. The third-order valence-electron chi connectivity index (χ3n) is 3.96. The van der Waals surface area contributed by atoms with Gasteiger partial charge >= 0.3 is 0 Å². The number of amides is 1. The molecule has 5 heteroatoms. The molecule has 1 aliphatic rings. The predicted octanol–water partition coefficient (Wildman–Crippen LogP) is 1.56. The normalized spacial score (nSPS) is 17.9. The fraction of sp³-hybridized carbons (Fsp3) is 0.667. The first kappa shape index (κ1) is 15.1. The van der Waals surface area contributed by atoms with E-state index in [0.717, 1.165) is 25.7 Å². The molecule has 2 rings (SSSR count). The molecule has 1 aliphatic carbocycles. The molecule has 1 saturated carbocycles. The quantitative estimate of drug-likeness (QED) is 0.831. The molecule has 0 spiro atoms. The lowest BCUT2D eigenvalue weighted by molar-refractivity contribution is 0.00516. The Morgan fingerprint density at radius 2 is 2.20 bits per heavy atom. The summed E-state index contributed by atoms with van der Waals surface area (Å²) in [6, 6.07) is 3.63. The number of ether oxygens (including phenoxy) is 1. The minimum Gasteiger partial charge on any atom is -0.388 e. The van der Waals surface area contributed by atoms with Crippen LogP contribution in [0.2, 0.25) is 0 Å². The van der Waals surface area contributed by atoms with E-state index in [0.29, 0.717) is 25.4 Å². The summed E-state index contributed by atoms with van der Waals surface area (Å²) in [4.78, 5) is 12.2. The summed E-state index contributed by atoms with van der Waals surface area (Å²) in [5.74, 6) is -0.134. The van der Waals surface area contributed by atoms with Gasteiger partial charge in [-0.05, 0) is 25.0 Å². The molecule has 0 radical (unpaired) electrons. The maximum atomic E-state index is 12.2. The van der Waals surface area contributed by atoms with Crippen LogP contribution in [0.5, 0.6) is 0 Å². The van der Waals surface area contributed by atoms with Crippen LogP contribution in [0.3, 0.4) is 0 Å². The Kier molecular flexibility index (Phi) is 5.20. The number of nitrogens with zero attached hydrogens (tertiary/aromatic N) is 1. The molecular formula is C15H24N2O3. The number of hydrogen-bond acceptors (Lipinski definition) is 3. The van der Waals surface area contributed by atoms with E-state index in [2.05, 4.69) is 5.32 Å². The first-order valence-corrected chi connectivity index (χ1v) is 7.29. The first-order chi connectivity index (χ1) is 9.64. The molecule has 2 N–H and O–H groups in total. The van der Waals surface area contributed by atoms with E-state index >= 15 is 0 Å². The minimum atomic E-state index is -0.724. The summed E-state index contributed by atoms with van der Waals surface area (Å²) in [6.07, 6.45) is 6.67. The highest BCUT2D eigenvalue weighted by Gasteiger charge is 2.29. The zero-order valence-electron chi connectivity index (χ0n) is 12.1. The fourth-order valence-electron chi connectivity index (χ4n) is 2.73.